The predicted octanol–water partition coefficient (Wildman–Crippen LogP) is 2.21. The van der Waals surface area contributed by atoms with E-state index in [9.17, 15) is 0 Å². The molecule has 0 N–H and O–H groups in total. The quantitative estimate of drug-likeness (QED) is 0.830. The summed E-state index contributed by atoms with van der Waals surface area (Å²) in [5, 5.41) is 0. The number of ether oxygens (including phenoxy) is 6. The molecule has 0 saturated heterocycles. The van der Waals surface area contributed by atoms with Crippen molar-refractivity contribution >= 4 is 0 Å². The fourth-order valence-electron chi connectivity index (χ4n) is 2.11. The topological polar surface area (TPSA) is 55.4 Å². The van der Waals surface area contributed by atoms with E-state index in [4.69, 9.17) is 28.4 Å². The molecule has 0 aromatic heterocycles. The molecule has 6 heteroatoms. The van der Waals surface area contributed by atoms with Crippen molar-refractivity contribution in [1.82, 2.24) is 0 Å². The lowest BCUT2D eigenvalue weighted by Gasteiger charge is -2.16. The van der Waals surface area contributed by atoms with Gasteiger partial charge in [-0.3, -0.25) is 0 Å². The highest BCUT2D eigenvalue weighted by Crippen LogP contribution is 2.31. The van der Waals surface area contributed by atoms with Gasteiger partial charge in [0.05, 0.1) is 45.7 Å². The summed E-state index contributed by atoms with van der Waals surface area (Å²) >= 11 is 0. The van der Waals surface area contributed by atoms with Crippen molar-refractivity contribution in [3.05, 3.63) is 23.8 Å². The van der Waals surface area contributed by atoms with Crippen molar-refractivity contribution in [3.63, 3.8) is 0 Å². The molecule has 0 spiro atoms. The number of rotatable bonds is 2. The molecule has 1 aromatic rings. The molecule has 2 rings (SSSR count). The molecule has 1 heterocycles. The van der Waals surface area contributed by atoms with Crippen LogP contribution in [0.4, 0.5) is 0 Å². The second-order valence-electron chi connectivity index (χ2n) is 5.12. The summed E-state index contributed by atoms with van der Waals surface area (Å²) in [6, 6.07) is 5.84. The Morgan fingerprint density at radius 3 is 1.87 bits per heavy atom. The van der Waals surface area contributed by atoms with E-state index in [1.54, 1.807) is 7.11 Å². The van der Waals surface area contributed by atoms with Crippen LogP contribution in [0.2, 0.25) is 0 Å². The Labute approximate surface area is 137 Å². The molecule has 1 aliphatic rings. The molecule has 0 aliphatic carbocycles. The van der Waals surface area contributed by atoms with Gasteiger partial charge in [0.2, 0.25) is 0 Å². The third-order valence-electron chi connectivity index (χ3n) is 3.51. The van der Waals surface area contributed by atoms with Gasteiger partial charge in [-0.15, -0.1) is 0 Å². The number of fused-ring (bicyclic) bond motifs is 1. The zero-order chi connectivity index (χ0) is 16.3. The maximum atomic E-state index is 5.81. The smallest absolute Gasteiger partial charge is 0.161 e. The van der Waals surface area contributed by atoms with Crippen LogP contribution >= 0.6 is 0 Å². The minimum absolute atomic E-state index is 0.00256. The maximum absolute atomic E-state index is 5.81. The first-order valence-corrected chi connectivity index (χ1v) is 7.97. The van der Waals surface area contributed by atoms with E-state index in [1.807, 2.05) is 25.1 Å². The number of hydrogen-bond donors (Lipinski definition) is 0. The third-order valence-corrected chi connectivity index (χ3v) is 3.51. The van der Waals surface area contributed by atoms with Crippen LogP contribution in [-0.4, -0.2) is 60.0 Å². The second-order valence-corrected chi connectivity index (χ2v) is 5.12. The average Bonchev–Trinajstić information content (AvgIpc) is 2.59. The van der Waals surface area contributed by atoms with Gasteiger partial charge >= 0.3 is 0 Å². The fraction of sp³-hybridized carbons (Fsp3) is 0.647. The molecule has 1 atom stereocenters. The van der Waals surface area contributed by atoms with Gasteiger partial charge in [-0.2, -0.15) is 0 Å². The highest BCUT2D eigenvalue weighted by Gasteiger charge is 2.11. The summed E-state index contributed by atoms with van der Waals surface area (Å²) in [6.45, 7) is 6.15. The molecule has 130 valence electrons. The first-order valence-electron chi connectivity index (χ1n) is 7.97. The van der Waals surface area contributed by atoms with E-state index in [0.29, 0.717) is 64.4 Å². The Hall–Kier alpha value is -1.34. The van der Waals surface area contributed by atoms with Crippen molar-refractivity contribution in [1.29, 1.82) is 0 Å². The maximum Gasteiger partial charge on any atom is 0.161 e. The molecule has 6 nitrogen and oxygen atoms in total. The van der Waals surface area contributed by atoms with Crippen molar-refractivity contribution < 1.29 is 28.4 Å². The van der Waals surface area contributed by atoms with E-state index in [0.717, 1.165) is 5.56 Å². The standard InChI is InChI=1S/C17H26O6/c1-14(18-2)15-3-4-16-17(13-15)23-12-10-21-8-6-19-5-7-20-9-11-22-16/h3-4,13-14H,5-12H2,1-2H3. The Kier molecular flexibility index (Phi) is 8.17. The summed E-state index contributed by atoms with van der Waals surface area (Å²) in [5.74, 6) is 1.40. The zero-order valence-electron chi connectivity index (χ0n) is 13.9. The van der Waals surface area contributed by atoms with Crippen LogP contribution in [0.3, 0.4) is 0 Å². The molecule has 0 saturated carbocycles. The van der Waals surface area contributed by atoms with Gasteiger partial charge in [0.1, 0.15) is 13.2 Å². The Morgan fingerprint density at radius 2 is 1.30 bits per heavy atom. The lowest BCUT2D eigenvalue weighted by Crippen LogP contribution is -2.13. The van der Waals surface area contributed by atoms with Crippen LogP contribution < -0.4 is 9.47 Å². The summed E-state index contributed by atoms with van der Waals surface area (Å²) in [5.41, 5.74) is 1.04. The number of methoxy groups -OCH3 is 1. The first kappa shape index (κ1) is 18.0. The van der Waals surface area contributed by atoms with Crippen LogP contribution in [0.15, 0.2) is 18.2 Å². The first-order chi connectivity index (χ1) is 11.3. The molecular weight excluding hydrogens is 300 g/mol. The summed E-state index contributed by atoms with van der Waals surface area (Å²) in [7, 11) is 1.68. The molecular formula is C17H26O6. The summed E-state index contributed by atoms with van der Waals surface area (Å²) in [6.07, 6.45) is -0.00256. The van der Waals surface area contributed by atoms with Gasteiger partial charge in [0, 0.05) is 7.11 Å². The van der Waals surface area contributed by atoms with Crippen LogP contribution in [0.5, 0.6) is 11.5 Å². The monoisotopic (exact) mass is 326 g/mol. The highest BCUT2D eigenvalue weighted by molar-refractivity contribution is 5.43. The Balaban J connectivity index is 2.02. The van der Waals surface area contributed by atoms with E-state index >= 15 is 0 Å². The molecule has 1 aliphatic heterocycles. The molecule has 23 heavy (non-hydrogen) atoms. The molecule has 1 aromatic carbocycles. The molecule has 0 bridgehead atoms. The normalized spacial score (nSPS) is 19.4. The highest BCUT2D eigenvalue weighted by atomic mass is 16.6. The molecule has 0 radical (unpaired) electrons. The summed E-state index contributed by atoms with van der Waals surface area (Å²) < 4.78 is 33.2. The van der Waals surface area contributed by atoms with Gasteiger partial charge in [0.15, 0.2) is 11.5 Å². The predicted molar refractivity (Wildman–Crippen MR) is 85.3 cm³/mol. The molecule has 0 amide bonds. The van der Waals surface area contributed by atoms with E-state index in [2.05, 4.69) is 0 Å². The van der Waals surface area contributed by atoms with Crippen molar-refractivity contribution in [2.75, 3.05) is 60.0 Å². The number of hydrogen-bond acceptors (Lipinski definition) is 6. The summed E-state index contributed by atoms with van der Waals surface area (Å²) in [4.78, 5) is 0. The van der Waals surface area contributed by atoms with Gasteiger partial charge < -0.3 is 28.4 Å². The number of benzene rings is 1. The van der Waals surface area contributed by atoms with Crippen LogP contribution in [0, 0.1) is 0 Å². The van der Waals surface area contributed by atoms with Crippen molar-refractivity contribution in [2.24, 2.45) is 0 Å². The van der Waals surface area contributed by atoms with Gasteiger partial charge in [-0.1, -0.05) is 6.07 Å². The van der Waals surface area contributed by atoms with Gasteiger partial charge in [0.25, 0.3) is 0 Å². The SMILES string of the molecule is COC(C)c1ccc2c(c1)OCCOCCOCCOCCO2. The van der Waals surface area contributed by atoms with E-state index in [-0.39, 0.29) is 6.10 Å². The van der Waals surface area contributed by atoms with Crippen LogP contribution in [0.25, 0.3) is 0 Å². The average molecular weight is 326 g/mol. The second kappa shape index (κ2) is 10.4. The Bertz CT molecular complexity index is 451. The minimum atomic E-state index is -0.00256. The molecule has 0 fully saturated rings. The Morgan fingerprint density at radius 1 is 0.783 bits per heavy atom. The van der Waals surface area contributed by atoms with Gasteiger partial charge in [-0.25, -0.2) is 0 Å². The van der Waals surface area contributed by atoms with Crippen LogP contribution in [0.1, 0.15) is 18.6 Å². The van der Waals surface area contributed by atoms with Gasteiger partial charge in [-0.05, 0) is 24.6 Å². The zero-order valence-corrected chi connectivity index (χ0v) is 13.9. The fourth-order valence-corrected chi connectivity index (χ4v) is 2.11. The largest absolute Gasteiger partial charge is 0.487 e. The van der Waals surface area contributed by atoms with Crippen LogP contribution in [-0.2, 0) is 18.9 Å². The van der Waals surface area contributed by atoms with E-state index in [1.165, 1.54) is 0 Å². The van der Waals surface area contributed by atoms with Crippen molar-refractivity contribution in [2.45, 2.75) is 13.0 Å². The lowest BCUT2D eigenvalue weighted by molar-refractivity contribution is 0.00708. The third kappa shape index (κ3) is 6.35. The van der Waals surface area contributed by atoms with E-state index < -0.39 is 0 Å². The minimum Gasteiger partial charge on any atom is -0.487 e. The van der Waals surface area contributed by atoms with Crippen molar-refractivity contribution in [3.8, 4) is 11.5 Å². The lowest BCUT2D eigenvalue weighted by atomic mass is 10.1. The molecule has 1 unspecified atom stereocenters.